The molecule has 1 atom stereocenters. The molecule has 0 saturated heterocycles. The number of nitrogens with zero attached hydrogens (tertiary/aromatic N) is 2. The molecule has 11 heteroatoms. The summed E-state index contributed by atoms with van der Waals surface area (Å²) < 4.78 is 62.8. The third-order valence-corrected chi connectivity index (χ3v) is 12.3. The first-order chi connectivity index (χ1) is 19.8. The summed E-state index contributed by atoms with van der Waals surface area (Å²) >= 11 is 0.799. The first-order valence-electron chi connectivity index (χ1n) is 15.2. The Morgan fingerprint density at radius 1 is 1.00 bits per heavy atom. The Kier molecular flexibility index (Phi) is 17.3. The van der Waals surface area contributed by atoms with Crippen LogP contribution in [0.2, 0.25) is 0 Å². The van der Waals surface area contributed by atoms with Gasteiger partial charge in [0.15, 0.2) is 0 Å². The molecular weight excluding hydrogens is 579 g/mol. The SMILES string of the molecule is CCCCC/C=C/C/C=C\CCCCCCC/C=N/S(=O)(=O)c1cc2c(s1)S(=O)(=O)N(CCCOC)C[C@@H]2NCC. The third-order valence-electron chi connectivity index (χ3n) is 7.00. The number of allylic oxidation sites excluding steroid dienone is 4. The van der Waals surface area contributed by atoms with Crippen LogP contribution in [0.25, 0.3) is 0 Å². The Balaban J connectivity index is 1.77. The van der Waals surface area contributed by atoms with E-state index in [2.05, 4.69) is 40.9 Å². The van der Waals surface area contributed by atoms with Crippen LogP contribution in [0.4, 0.5) is 0 Å². The van der Waals surface area contributed by atoms with Gasteiger partial charge in [-0.05, 0) is 64.0 Å². The van der Waals surface area contributed by atoms with Crippen LogP contribution in [0, 0.1) is 0 Å². The van der Waals surface area contributed by atoms with Crippen LogP contribution in [0.5, 0.6) is 0 Å². The van der Waals surface area contributed by atoms with Gasteiger partial charge in [0, 0.05) is 44.6 Å². The van der Waals surface area contributed by atoms with E-state index in [1.54, 1.807) is 7.11 Å². The van der Waals surface area contributed by atoms with Crippen LogP contribution in [0.15, 0.2) is 43.2 Å². The summed E-state index contributed by atoms with van der Waals surface area (Å²) in [6, 6.07) is 1.22. The van der Waals surface area contributed by atoms with E-state index in [0.717, 1.165) is 49.9 Å². The Hall–Kier alpha value is -1.37. The second-order valence-electron chi connectivity index (χ2n) is 10.4. The van der Waals surface area contributed by atoms with Crippen LogP contribution in [0.1, 0.15) is 109 Å². The van der Waals surface area contributed by atoms with Crippen molar-refractivity contribution in [3.8, 4) is 0 Å². The highest BCUT2D eigenvalue weighted by Crippen LogP contribution is 2.40. The number of fused-ring (bicyclic) bond motifs is 1. The molecule has 41 heavy (non-hydrogen) atoms. The molecule has 234 valence electrons. The number of nitrogens with one attached hydrogen (secondary N) is 1. The highest BCUT2D eigenvalue weighted by atomic mass is 32.3. The van der Waals surface area contributed by atoms with Gasteiger partial charge in [-0.1, -0.05) is 70.3 Å². The number of hydrogen-bond donors (Lipinski definition) is 1. The zero-order chi connectivity index (χ0) is 30.0. The van der Waals surface area contributed by atoms with E-state index in [0.29, 0.717) is 38.1 Å². The van der Waals surface area contributed by atoms with Gasteiger partial charge in [-0.3, -0.25) is 0 Å². The summed E-state index contributed by atoms with van der Waals surface area (Å²) in [5.41, 5.74) is 0.516. The minimum absolute atomic E-state index is 0.0241. The third kappa shape index (κ3) is 12.4. The maximum atomic E-state index is 13.2. The molecule has 1 aromatic rings. The summed E-state index contributed by atoms with van der Waals surface area (Å²) in [4.78, 5) is 0. The van der Waals surface area contributed by atoms with Gasteiger partial charge >= 0.3 is 0 Å². The maximum absolute atomic E-state index is 13.2. The molecule has 0 unspecified atom stereocenters. The van der Waals surface area contributed by atoms with Gasteiger partial charge in [-0.2, -0.15) is 17.1 Å². The van der Waals surface area contributed by atoms with Crippen molar-refractivity contribution >= 4 is 37.6 Å². The molecule has 0 saturated carbocycles. The molecule has 1 aliphatic heterocycles. The predicted molar refractivity (Wildman–Crippen MR) is 171 cm³/mol. The highest BCUT2D eigenvalue weighted by Gasteiger charge is 2.39. The largest absolute Gasteiger partial charge is 0.385 e. The zero-order valence-corrected chi connectivity index (χ0v) is 27.7. The minimum Gasteiger partial charge on any atom is -0.385 e. The van der Waals surface area contributed by atoms with Crippen molar-refractivity contribution in [3.63, 3.8) is 0 Å². The second kappa shape index (κ2) is 19.7. The first-order valence-corrected chi connectivity index (χ1v) is 18.9. The number of unbranched alkanes of at least 4 members (excludes halogenated alkanes) is 9. The molecule has 8 nitrogen and oxygen atoms in total. The zero-order valence-electron chi connectivity index (χ0n) is 25.2. The van der Waals surface area contributed by atoms with E-state index in [9.17, 15) is 16.8 Å². The van der Waals surface area contributed by atoms with Crippen LogP contribution in [-0.2, 0) is 24.8 Å². The summed E-state index contributed by atoms with van der Waals surface area (Å²) in [7, 11) is -6.15. The molecule has 1 aromatic heterocycles. The van der Waals surface area contributed by atoms with Gasteiger partial charge in [-0.25, -0.2) is 8.42 Å². The summed E-state index contributed by atoms with van der Waals surface area (Å²) in [5.74, 6) is 0. The number of hydrogen-bond acceptors (Lipinski definition) is 7. The van der Waals surface area contributed by atoms with Crippen molar-refractivity contribution in [2.45, 2.75) is 112 Å². The molecule has 0 aromatic carbocycles. The molecule has 2 heterocycles. The van der Waals surface area contributed by atoms with Gasteiger partial charge < -0.3 is 10.1 Å². The predicted octanol–water partition coefficient (Wildman–Crippen LogP) is 7.01. The number of likely N-dealkylation sites (N-methyl/N-ethyl adjacent to an activating group) is 1. The lowest BCUT2D eigenvalue weighted by Gasteiger charge is -2.32. The second-order valence-corrected chi connectivity index (χ2v) is 15.5. The van der Waals surface area contributed by atoms with E-state index in [4.69, 9.17) is 4.74 Å². The molecule has 1 aliphatic rings. The lowest BCUT2D eigenvalue weighted by atomic mass is 10.1. The summed E-state index contributed by atoms with van der Waals surface area (Å²) in [6.07, 6.45) is 24.2. The smallest absolute Gasteiger partial charge is 0.291 e. The Morgan fingerprint density at radius 3 is 2.32 bits per heavy atom. The van der Waals surface area contributed by atoms with Crippen molar-refractivity contribution < 1.29 is 21.6 Å². The van der Waals surface area contributed by atoms with Crippen molar-refractivity contribution in [1.29, 1.82) is 0 Å². The van der Waals surface area contributed by atoms with Gasteiger partial charge in [0.25, 0.3) is 20.0 Å². The first kappa shape index (κ1) is 35.8. The molecule has 0 bridgehead atoms. The molecule has 2 rings (SSSR count). The van der Waals surface area contributed by atoms with Crippen molar-refractivity contribution in [3.05, 3.63) is 35.9 Å². The van der Waals surface area contributed by atoms with E-state index in [1.165, 1.54) is 48.7 Å². The standard InChI is InChI=1S/C30H51N3O5S3/c1-4-6-7-8-9-10-11-12-13-14-15-16-17-18-19-20-22-32-40(34,35)29-25-27-28(31-5-2)26-33(23-21-24-38-3)41(36,37)30(27)39-29/h9-10,12-13,22,25,28,31H,4-8,11,14-21,23-24,26H2,1-3H3/b10-9+,13-12-,32-22+/t28-/m0/s1. The molecule has 1 N–H and O–H groups in total. The topological polar surface area (TPSA) is 105 Å². The van der Waals surface area contributed by atoms with E-state index < -0.39 is 20.0 Å². The number of rotatable bonds is 22. The van der Waals surface area contributed by atoms with Gasteiger partial charge in [0.05, 0.1) is 0 Å². The van der Waals surface area contributed by atoms with Crippen molar-refractivity contribution in [2.75, 3.05) is 33.4 Å². The van der Waals surface area contributed by atoms with Gasteiger partial charge in [-0.15, -0.1) is 11.3 Å². The van der Waals surface area contributed by atoms with E-state index in [-0.39, 0.29) is 21.0 Å². The molecule has 0 fully saturated rings. The number of methoxy groups -OCH3 is 1. The summed E-state index contributed by atoms with van der Waals surface area (Å²) in [6.45, 7) is 5.85. The fourth-order valence-corrected chi connectivity index (χ4v) is 9.50. The van der Waals surface area contributed by atoms with Crippen LogP contribution in [0.3, 0.4) is 0 Å². The average molecular weight is 630 g/mol. The lowest BCUT2D eigenvalue weighted by molar-refractivity contribution is 0.185. The van der Waals surface area contributed by atoms with Gasteiger partial charge in [0.2, 0.25) is 0 Å². The lowest BCUT2D eigenvalue weighted by Crippen LogP contribution is -2.43. The Bertz CT molecular complexity index is 1170. The van der Waals surface area contributed by atoms with Crippen molar-refractivity contribution in [2.24, 2.45) is 4.40 Å². The molecule has 0 aliphatic carbocycles. The molecular formula is C30H51N3O5S3. The van der Waals surface area contributed by atoms with Crippen LogP contribution >= 0.6 is 11.3 Å². The van der Waals surface area contributed by atoms with Crippen LogP contribution in [-0.4, -0.2) is 60.7 Å². The fourth-order valence-electron chi connectivity index (χ4n) is 4.72. The number of ether oxygens (including phenoxy) is 1. The fraction of sp³-hybridized carbons (Fsp3) is 0.700. The number of thiophene rings is 1. The Morgan fingerprint density at radius 2 is 1.66 bits per heavy atom. The Labute approximate surface area is 253 Å². The maximum Gasteiger partial charge on any atom is 0.291 e. The normalized spacial score (nSPS) is 17.8. The average Bonchev–Trinajstić information content (AvgIpc) is 3.41. The van der Waals surface area contributed by atoms with Crippen molar-refractivity contribution in [1.82, 2.24) is 9.62 Å². The van der Waals surface area contributed by atoms with Gasteiger partial charge in [0.1, 0.15) is 8.42 Å². The summed E-state index contributed by atoms with van der Waals surface area (Å²) in [5, 5.41) is 3.30. The minimum atomic E-state index is -3.96. The highest BCUT2D eigenvalue weighted by molar-refractivity contribution is 7.94. The quantitative estimate of drug-likeness (QED) is 0.0840. The van der Waals surface area contributed by atoms with Crippen LogP contribution < -0.4 is 5.32 Å². The van der Waals surface area contributed by atoms with E-state index in [1.807, 2.05) is 6.92 Å². The van der Waals surface area contributed by atoms with E-state index >= 15 is 0 Å². The molecule has 0 spiro atoms. The molecule has 0 radical (unpaired) electrons. The molecule has 0 amide bonds. The monoisotopic (exact) mass is 629 g/mol. The number of sulfonamides is 2.